The Labute approximate surface area is 233 Å². The first-order valence-corrected chi connectivity index (χ1v) is 13.0. The molecule has 0 bridgehead atoms. The van der Waals surface area contributed by atoms with Crippen LogP contribution in [0.5, 0.6) is 0 Å². The number of carbonyl (C=O) groups excluding carboxylic acids is 3. The van der Waals surface area contributed by atoms with Gasteiger partial charge in [-0.05, 0) is 16.7 Å². The van der Waals surface area contributed by atoms with E-state index in [1.807, 2.05) is 91.0 Å². The Morgan fingerprint density at radius 1 is 0.775 bits per heavy atom. The highest BCUT2D eigenvalue weighted by Gasteiger charge is 2.50. The molecule has 0 spiro atoms. The van der Waals surface area contributed by atoms with Crippen LogP contribution in [-0.2, 0) is 38.9 Å². The highest BCUT2D eigenvalue weighted by Crippen LogP contribution is 2.41. The van der Waals surface area contributed by atoms with E-state index in [2.05, 4.69) is 5.32 Å². The lowest BCUT2D eigenvalue weighted by Crippen LogP contribution is -2.66. The second-order valence-corrected chi connectivity index (χ2v) is 9.53. The van der Waals surface area contributed by atoms with E-state index in [9.17, 15) is 19.5 Å². The Hall–Kier alpha value is -4.05. The highest BCUT2D eigenvalue weighted by atomic mass is 16.7. The Bertz CT molecular complexity index is 1190. The van der Waals surface area contributed by atoms with Crippen LogP contribution in [0.4, 0.5) is 0 Å². The van der Waals surface area contributed by atoms with Crippen LogP contribution in [0.25, 0.3) is 0 Å². The van der Waals surface area contributed by atoms with Crippen LogP contribution in [0, 0.1) is 0 Å². The maximum absolute atomic E-state index is 12.0. The summed E-state index contributed by atoms with van der Waals surface area (Å²) in [5.74, 6) is -1.85. The predicted octanol–water partition coefficient (Wildman–Crippen LogP) is 3.08. The van der Waals surface area contributed by atoms with Gasteiger partial charge in [0.2, 0.25) is 12.2 Å². The van der Waals surface area contributed by atoms with Crippen molar-refractivity contribution in [1.29, 1.82) is 0 Å². The Morgan fingerprint density at radius 3 is 1.62 bits per heavy atom. The van der Waals surface area contributed by atoms with Crippen LogP contribution < -0.4 is 5.32 Å². The summed E-state index contributed by atoms with van der Waals surface area (Å²) in [5, 5.41) is 13.9. The minimum absolute atomic E-state index is 0.192. The summed E-state index contributed by atoms with van der Waals surface area (Å²) >= 11 is 0. The van der Waals surface area contributed by atoms with E-state index < -0.39 is 54.1 Å². The van der Waals surface area contributed by atoms with E-state index in [0.29, 0.717) is 0 Å². The lowest BCUT2D eigenvalue weighted by atomic mass is 9.80. The number of benzene rings is 3. The molecule has 4 rings (SSSR count). The van der Waals surface area contributed by atoms with E-state index in [1.165, 1.54) is 20.8 Å². The SMILES string of the molecule is CC(=O)N[C@@H]1[C@@H](OC(C)=O)O[C@@H](COC(c2ccccc2)(c2ccccc2)c2ccccc2)[C@@H](O)[C@@H]1OC(C)=O. The van der Waals surface area contributed by atoms with Gasteiger partial charge in [0.15, 0.2) is 6.10 Å². The van der Waals surface area contributed by atoms with Crippen LogP contribution in [0.3, 0.4) is 0 Å². The second kappa shape index (κ2) is 12.9. The molecule has 9 nitrogen and oxygen atoms in total. The van der Waals surface area contributed by atoms with Gasteiger partial charge in [-0.1, -0.05) is 91.0 Å². The molecule has 1 aliphatic rings. The molecule has 1 aliphatic heterocycles. The molecule has 2 N–H and O–H groups in total. The monoisotopic (exact) mass is 547 g/mol. The zero-order valence-electron chi connectivity index (χ0n) is 22.6. The van der Waals surface area contributed by atoms with Crippen molar-refractivity contribution in [2.24, 2.45) is 0 Å². The maximum atomic E-state index is 12.0. The number of aliphatic hydroxyl groups is 1. The van der Waals surface area contributed by atoms with Crippen molar-refractivity contribution >= 4 is 17.8 Å². The summed E-state index contributed by atoms with van der Waals surface area (Å²) in [7, 11) is 0. The van der Waals surface area contributed by atoms with E-state index in [0.717, 1.165) is 16.7 Å². The van der Waals surface area contributed by atoms with E-state index in [-0.39, 0.29) is 6.61 Å². The van der Waals surface area contributed by atoms with Crippen LogP contribution in [-0.4, -0.2) is 60.2 Å². The largest absolute Gasteiger partial charge is 0.457 e. The maximum Gasteiger partial charge on any atom is 0.305 e. The van der Waals surface area contributed by atoms with Gasteiger partial charge in [0, 0.05) is 20.8 Å². The van der Waals surface area contributed by atoms with E-state index in [4.69, 9.17) is 18.9 Å². The fourth-order valence-corrected chi connectivity index (χ4v) is 5.01. The van der Waals surface area contributed by atoms with E-state index >= 15 is 0 Å². The van der Waals surface area contributed by atoms with Gasteiger partial charge < -0.3 is 29.4 Å². The van der Waals surface area contributed by atoms with Gasteiger partial charge >= 0.3 is 11.9 Å². The van der Waals surface area contributed by atoms with Gasteiger partial charge in [0.05, 0.1) is 6.61 Å². The summed E-state index contributed by atoms with van der Waals surface area (Å²) in [6.07, 6.45) is -5.14. The first-order valence-electron chi connectivity index (χ1n) is 13.0. The molecule has 0 aliphatic carbocycles. The molecule has 1 saturated heterocycles. The molecule has 210 valence electrons. The molecule has 0 unspecified atom stereocenters. The van der Waals surface area contributed by atoms with Crippen molar-refractivity contribution in [1.82, 2.24) is 5.32 Å². The van der Waals surface area contributed by atoms with Crippen molar-refractivity contribution < 1.29 is 38.4 Å². The molecule has 1 amide bonds. The fraction of sp³-hybridized carbons (Fsp3) is 0.323. The minimum Gasteiger partial charge on any atom is -0.457 e. The topological polar surface area (TPSA) is 120 Å². The van der Waals surface area contributed by atoms with Crippen molar-refractivity contribution in [2.75, 3.05) is 6.61 Å². The molecule has 3 aromatic rings. The average Bonchev–Trinajstić information content (AvgIpc) is 2.94. The zero-order valence-corrected chi connectivity index (χ0v) is 22.6. The molecule has 0 saturated carbocycles. The molecule has 0 radical (unpaired) electrons. The average molecular weight is 548 g/mol. The minimum atomic E-state index is -1.42. The number of carbonyl (C=O) groups is 3. The summed E-state index contributed by atoms with van der Waals surface area (Å²) in [6, 6.07) is 27.8. The van der Waals surface area contributed by atoms with Crippen molar-refractivity contribution in [2.45, 2.75) is 57.0 Å². The predicted molar refractivity (Wildman–Crippen MR) is 145 cm³/mol. The number of rotatable bonds is 9. The van der Waals surface area contributed by atoms with Gasteiger partial charge in [0.25, 0.3) is 0 Å². The standard InChI is InChI=1S/C31H33NO8/c1-20(33)32-27-29(38-21(2)34)28(36)26(40-30(27)39-22(3)35)19-37-31(23-13-7-4-8-14-23,24-15-9-5-10-16-24)25-17-11-6-12-18-25/h4-18,26-30,36H,19H2,1-3H3,(H,32,33)/t26-,27-,28+,29+,30-/m0/s1. The van der Waals surface area contributed by atoms with Gasteiger partial charge in [-0.3, -0.25) is 14.4 Å². The number of hydrogen-bond donors (Lipinski definition) is 2. The van der Waals surface area contributed by atoms with Crippen molar-refractivity contribution in [3.05, 3.63) is 108 Å². The quantitative estimate of drug-likeness (QED) is 0.310. The molecule has 0 aromatic heterocycles. The van der Waals surface area contributed by atoms with Crippen LogP contribution in [0.15, 0.2) is 91.0 Å². The van der Waals surface area contributed by atoms with Crippen LogP contribution in [0.2, 0.25) is 0 Å². The third-order valence-electron chi connectivity index (χ3n) is 6.63. The van der Waals surface area contributed by atoms with Gasteiger partial charge in [-0.25, -0.2) is 0 Å². The Balaban J connectivity index is 1.76. The molecule has 1 heterocycles. The molecule has 5 atom stereocenters. The number of amides is 1. The lowest BCUT2D eigenvalue weighted by Gasteiger charge is -2.44. The Morgan fingerprint density at radius 2 is 1.23 bits per heavy atom. The first kappa shape index (κ1) is 28.9. The normalized spacial score (nSPS) is 22.6. The summed E-state index contributed by atoms with van der Waals surface area (Å²) < 4.78 is 23.5. The summed E-state index contributed by atoms with van der Waals surface area (Å²) in [4.78, 5) is 35.8. The summed E-state index contributed by atoms with van der Waals surface area (Å²) in [5.41, 5.74) is 1.39. The lowest BCUT2D eigenvalue weighted by molar-refractivity contribution is -0.271. The number of hydrogen-bond acceptors (Lipinski definition) is 8. The highest BCUT2D eigenvalue weighted by molar-refractivity contribution is 5.74. The number of esters is 2. The van der Waals surface area contributed by atoms with Gasteiger partial charge in [0.1, 0.15) is 23.9 Å². The fourth-order valence-electron chi connectivity index (χ4n) is 5.01. The van der Waals surface area contributed by atoms with Crippen molar-refractivity contribution in [3.8, 4) is 0 Å². The van der Waals surface area contributed by atoms with Crippen molar-refractivity contribution in [3.63, 3.8) is 0 Å². The van der Waals surface area contributed by atoms with E-state index in [1.54, 1.807) is 0 Å². The molecule has 1 fully saturated rings. The number of aliphatic hydroxyl groups excluding tert-OH is 1. The Kier molecular flexibility index (Phi) is 9.31. The molecular weight excluding hydrogens is 514 g/mol. The van der Waals surface area contributed by atoms with Crippen LogP contribution in [0.1, 0.15) is 37.5 Å². The molecule has 3 aromatic carbocycles. The zero-order chi connectivity index (χ0) is 28.7. The first-order chi connectivity index (χ1) is 19.2. The van der Waals surface area contributed by atoms with Gasteiger partial charge in [-0.2, -0.15) is 0 Å². The third-order valence-corrected chi connectivity index (χ3v) is 6.63. The van der Waals surface area contributed by atoms with Crippen LogP contribution >= 0.6 is 0 Å². The third kappa shape index (κ3) is 6.39. The number of nitrogens with one attached hydrogen (secondary N) is 1. The second-order valence-electron chi connectivity index (χ2n) is 9.53. The smallest absolute Gasteiger partial charge is 0.305 e. The number of ether oxygens (including phenoxy) is 4. The summed E-state index contributed by atoms with van der Waals surface area (Å²) in [6.45, 7) is 3.44. The molecule has 40 heavy (non-hydrogen) atoms. The van der Waals surface area contributed by atoms with Gasteiger partial charge in [-0.15, -0.1) is 0 Å². The molecular formula is C31H33NO8. The molecule has 9 heteroatoms.